The Bertz CT molecular complexity index is 2410. The molecule has 2 amide bonds. The summed E-state index contributed by atoms with van der Waals surface area (Å²) in [7, 11) is 6.38. The van der Waals surface area contributed by atoms with Crippen LogP contribution in [0, 0.1) is 11.8 Å². The number of piperidine rings is 2. The molecule has 2 aromatic heterocycles. The lowest BCUT2D eigenvalue weighted by molar-refractivity contribution is -0.138. The Morgan fingerprint density at radius 2 is 1.14 bits per heavy atom. The molecule has 18 nitrogen and oxygen atoms in total. The first-order valence-electron chi connectivity index (χ1n) is 26.4. The van der Waals surface area contributed by atoms with Crippen molar-refractivity contribution in [1.29, 1.82) is 0 Å². The number of aliphatic carboxylic acids is 2. The standard InChI is InChI=1S/C55H80N8O10/c1-9-36(4)34-62-45(33-41(58-62)54(68)56-39(30-50(64)65)21-26-60-23-14-12-15-24-60)53-48(72-7)28-38(29-49(53)73-8)43-18-13-16-25-61(43)27-22-40(31-51(66)67)57-55(69)42-32-44(63(59-42)35-37(10-2)11-3)52-46(70-5)19-17-20-47(52)71-6/h17,19-20,28-29,32-33,36-37,39-40,43H,9-16,18,21-27,30-31,34-35H2,1-8H3,(H,56,68)(H,57,69)(H,64,65)(H,66,67)/t36?,39-,40-,43?/m0/s1. The molecule has 18 heteroatoms. The number of benzene rings is 2. The van der Waals surface area contributed by atoms with E-state index in [0.29, 0.717) is 90.5 Å². The van der Waals surface area contributed by atoms with Crippen LogP contribution in [0.25, 0.3) is 22.5 Å². The summed E-state index contributed by atoms with van der Waals surface area (Å²) in [4.78, 5) is 57.1. The van der Waals surface area contributed by atoms with Gasteiger partial charge in [-0.3, -0.25) is 33.4 Å². The molecular formula is C55H80N8O10. The molecule has 0 spiro atoms. The minimum Gasteiger partial charge on any atom is -0.496 e. The highest BCUT2D eigenvalue weighted by atomic mass is 16.5. The zero-order chi connectivity index (χ0) is 52.6. The molecule has 2 fully saturated rings. The van der Waals surface area contributed by atoms with Crippen molar-refractivity contribution in [2.24, 2.45) is 11.8 Å². The molecule has 4 atom stereocenters. The predicted octanol–water partition coefficient (Wildman–Crippen LogP) is 8.57. The van der Waals surface area contributed by atoms with Crippen LogP contribution in [0.1, 0.15) is 144 Å². The highest BCUT2D eigenvalue weighted by Gasteiger charge is 2.31. The number of rotatable bonds is 28. The summed E-state index contributed by atoms with van der Waals surface area (Å²) >= 11 is 0. The molecule has 0 bridgehead atoms. The number of amides is 2. The molecule has 2 unspecified atom stereocenters. The zero-order valence-electron chi connectivity index (χ0n) is 44.4. The van der Waals surface area contributed by atoms with Gasteiger partial charge >= 0.3 is 11.9 Å². The van der Waals surface area contributed by atoms with Gasteiger partial charge in [0.05, 0.1) is 63.8 Å². The first-order chi connectivity index (χ1) is 35.2. The van der Waals surface area contributed by atoms with Gasteiger partial charge in [-0.05, 0) is 112 Å². The molecular weight excluding hydrogens is 933 g/mol. The molecule has 6 rings (SSSR count). The third kappa shape index (κ3) is 14.8. The van der Waals surface area contributed by atoms with E-state index in [1.54, 1.807) is 40.6 Å². The summed E-state index contributed by atoms with van der Waals surface area (Å²) in [5, 5.41) is 35.5. The molecule has 73 heavy (non-hydrogen) atoms. The van der Waals surface area contributed by atoms with Crippen molar-refractivity contribution in [3.63, 3.8) is 0 Å². The molecule has 0 saturated carbocycles. The average Bonchev–Trinajstić information content (AvgIpc) is 4.02. The van der Waals surface area contributed by atoms with E-state index in [2.05, 4.69) is 48.1 Å². The Balaban J connectivity index is 1.25. The second-order valence-corrected chi connectivity index (χ2v) is 19.8. The van der Waals surface area contributed by atoms with Gasteiger partial charge in [-0.15, -0.1) is 0 Å². The fourth-order valence-corrected chi connectivity index (χ4v) is 10.3. The maximum absolute atomic E-state index is 14.2. The zero-order valence-corrected chi connectivity index (χ0v) is 44.4. The van der Waals surface area contributed by atoms with E-state index in [1.165, 1.54) is 6.42 Å². The molecule has 2 aliphatic rings. The van der Waals surface area contributed by atoms with Crippen LogP contribution in [-0.2, 0) is 22.7 Å². The third-order valence-corrected chi connectivity index (χ3v) is 14.8. The van der Waals surface area contributed by atoms with Crippen molar-refractivity contribution in [3.8, 4) is 45.5 Å². The van der Waals surface area contributed by atoms with Crippen LogP contribution in [0.2, 0.25) is 0 Å². The topological polar surface area (TPSA) is 212 Å². The Morgan fingerprint density at radius 1 is 0.644 bits per heavy atom. The lowest BCUT2D eigenvalue weighted by Crippen LogP contribution is -2.41. The molecule has 4 N–H and O–H groups in total. The first-order valence-corrected chi connectivity index (χ1v) is 26.4. The van der Waals surface area contributed by atoms with Gasteiger partial charge in [-0.25, -0.2) is 0 Å². The molecule has 2 aromatic carbocycles. The monoisotopic (exact) mass is 1010 g/mol. The summed E-state index contributed by atoms with van der Waals surface area (Å²) in [6, 6.07) is 11.7. The maximum Gasteiger partial charge on any atom is 0.305 e. The predicted molar refractivity (Wildman–Crippen MR) is 280 cm³/mol. The Morgan fingerprint density at radius 3 is 1.63 bits per heavy atom. The molecule has 4 aromatic rings. The van der Waals surface area contributed by atoms with E-state index in [4.69, 9.17) is 29.1 Å². The number of aromatic nitrogens is 4. The Labute approximate surface area is 431 Å². The Kier molecular flexibility index (Phi) is 21.0. The van der Waals surface area contributed by atoms with Crippen LogP contribution >= 0.6 is 0 Å². The van der Waals surface area contributed by atoms with Crippen LogP contribution in [0.15, 0.2) is 42.5 Å². The number of carbonyl (C=O) groups is 4. The maximum atomic E-state index is 14.2. The first kappa shape index (κ1) is 56.2. The van der Waals surface area contributed by atoms with Crippen molar-refractivity contribution in [2.45, 2.75) is 142 Å². The Hall–Kier alpha value is -6.14. The van der Waals surface area contributed by atoms with Crippen molar-refractivity contribution >= 4 is 23.8 Å². The number of carbonyl (C=O) groups excluding carboxylic acids is 2. The quantitative estimate of drug-likeness (QED) is 0.0420. The van der Waals surface area contributed by atoms with E-state index in [0.717, 1.165) is 76.6 Å². The van der Waals surface area contributed by atoms with Crippen LogP contribution in [0.4, 0.5) is 0 Å². The van der Waals surface area contributed by atoms with Gasteiger partial charge in [0.15, 0.2) is 11.4 Å². The van der Waals surface area contributed by atoms with E-state index >= 15 is 0 Å². The van der Waals surface area contributed by atoms with Crippen LogP contribution in [0.3, 0.4) is 0 Å². The smallest absolute Gasteiger partial charge is 0.305 e. The number of hydrogen-bond donors (Lipinski definition) is 4. The summed E-state index contributed by atoms with van der Waals surface area (Å²) in [5.41, 5.74) is 3.91. The van der Waals surface area contributed by atoms with Crippen LogP contribution < -0.4 is 29.6 Å². The number of nitrogens with zero attached hydrogens (tertiary/aromatic N) is 6. The number of hydrogen-bond acceptors (Lipinski definition) is 12. The van der Waals surface area contributed by atoms with E-state index in [9.17, 15) is 29.4 Å². The summed E-state index contributed by atoms with van der Waals surface area (Å²) in [6.45, 7) is 13.5. The van der Waals surface area contributed by atoms with Crippen LogP contribution in [0.5, 0.6) is 23.0 Å². The van der Waals surface area contributed by atoms with Gasteiger partial charge in [0.1, 0.15) is 23.0 Å². The number of likely N-dealkylation sites (tertiary alicyclic amines) is 2. The van der Waals surface area contributed by atoms with E-state index in [-0.39, 0.29) is 36.2 Å². The van der Waals surface area contributed by atoms with Crippen molar-refractivity contribution < 1.29 is 48.3 Å². The van der Waals surface area contributed by atoms with Gasteiger partial charge in [0.25, 0.3) is 11.8 Å². The van der Waals surface area contributed by atoms with Gasteiger partial charge < -0.3 is 44.7 Å². The SMILES string of the molecule is CCC(C)Cn1nc(C(=O)N[C@@H](CCN2CCCCC2)CC(=O)O)cc1-c1c(OC)cc(C2CCCCN2CC[C@@H](CC(=O)O)NC(=O)c2cc(-c3c(OC)cccc3OC)n(CC(CC)CC)n2)cc1OC. The minimum atomic E-state index is -1.02. The minimum absolute atomic E-state index is 0.0755. The lowest BCUT2D eigenvalue weighted by atomic mass is 9.92. The van der Waals surface area contributed by atoms with Crippen molar-refractivity contribution in [1.82, 2.24) is 40.0 Å². The molecule has 400 valence electrons. The molecule has 2 saturated heterocycles. The van der Waals surface area contributed by atoms with Gasteiger partial charge in [-0.2, -0.15) is 10.2 Å². The van der Waals surface area contributed by atoms with Gasteiger partial charge in [-0.1, -0.05) is 65.9 Å². The second-order valence-electron chi connectivity index (χ2n) is 19.8. The highest BCUT2D eigenvalue weighted by Crippen LogP contribution is 2.44. The number of nitrogens with one attached hydrogen (secondary N) is 2. The fraction of sp³-hybridized carbons (Fsp3) is 0.600. The third-order valence-electron chi connectivity index (χ3n) is 14.8. The van der Waals surface area contributed by atoms with E-state index < -0.39 is 35.8 Å². The number of carboxylic acid groups (broad SMARTS) is 2. The second kappa shape index (κ2) is 27.2. The van der Waals surface area contributed by atoms with Gasteiger partial charge in [0.2, 0.25) is 0 Å². The normalized spacial score (nSPS) is 16.6. The summed E-state index contributed by atoms with van der Waals surface area (Å²) in [6.07, 6.45) is 9.34. The average molecular weight is 1010 g/mol. The molecule has 2 aliphatic heterocycles. The fourth-order valence-electron chi connectivity index (χ4n) is 10.3. The summed E-state index contributed by atoms with van der Waals surface area (Å²) in [5.74, 6) is -0.161. The number of ether oxygens (including phenoxy) is 4. The van der Waals surface area contributed by atoms with Gasteiger partial charge in [0, 0.05) is 44.3 Å². The molecule has 0 aliphatic carbocycles. The van der Waals surface area contributed by atoms with Crippen molar-refractivity contribution in [3.05, 3.63) is 59.4 Å². The van der Waals surface area contributed by atoms with Crippen LogP contribution in [-0.4, -0.2) is 137 Å². The number of methoxy groups -OCH3 is 4. The van der Waals surface area contributed by atoms with E-state index in [1.807, 2.05) is 39.7 Å². The molecule has 4 heterocycles. The highest BCUT2D eigenvalue weighted by molar-refractivity contribution is 5.95. The lowest BCUT2D eigenvalue weighted by Gasteiger charge is -2.37. The number of carboxylic acids is 2. The largest absolute Gasteiger partial charge is 0.496 e. The van der Waals surface area contributed by atoms with Crippen molar-refractivity contribution in [2.75, 3.05) is 61.2 Å². The molecule has 0 radical (unpaired) electrons. The summed E-state index contributed by atoms with van der Waals surface area (Å²) < 4.78 is 27.4.